The average Bonchev–Trinajstić information content (AvgIpc) is 3.10. The number of aromatic amines is 1. The molecule has 1 atom stereocenters. The summed E-state index contributed by atoms with van der Waals surface area (Å²) in [6.45, 7) is 5.92. The zero-order valence-electron chi connectivity index (χ0n) is 17.6. The number of H-pyrrole nitrogens is 1. The molecule has 0 saturated heterocycles. The number of para-hydroxylation sites is 1. The molecule has 164 valence electrons. The van der Waals surface area contributed by atoms with E-state index in [1.54, 1.807) is 12.1 Å². The zero-order valence-corrected chi connectivity index (χ0v) is 19.9. The highest BCUT2D eigenvalue weighted by Gasteiger charge is 2.23. The van der Waals surface area contributed by atoms with Crippen LogP contribution in [0.5, 0.6) is 0 Å². The van der Waals surface area contributed by atoms with Gasteiger partial charge in [0.25, 0.3) is 0 Å². The fraction of sp³-hybridized carbons (Fsp3) is 0.304. The van der Waals surface area contributed by atoms with Gasteiger partial charge in [0.05, 0.1) is 21.1 Å². The van der Waals surface area contributed by atoms with Crippen molar-refractivity contribution in [1.82, 2.24) is 15.6 Å². The van der Waals surface area contributed by atoms with Gasteiger partial charge in [0, 0.05) is 30.1 Å². The average molecular weight is 478 g/mol. The van der Waals surface area contributed by atoms with Crippen molar-refractivity contribution in [2.45, 2.75) is 45.4 Å². The number of carbonyl (C=O) groups excluding carboxylic acids is 1. The number of ether oxygens (including phenoxy) is 1. The second-order valence-corrected chi connectivity index (χ2v) is 9.48. The van der Waals surface area contributed by atoms with Gasteiger partial charge in [-0.25, -0.2) is 4.79 Å². The van der Waals surface area contributed by atoms with Crippen LogP contribution in [-0.2, 0) is 17.7 Å². The molecule has 0 aliphatic carbocycles. The normalized spacial score (nSPS) is 12.4. The molecule has 0 saturated carbocycles. The molecule has 3 aromatic rings. The molecule has 31 heavy (non-hydrogen) atoms. The van der Waals surface area contributed by atoms with Crippen molar-refractivity contribution in [3.63, 3.8) is 0 Å². The second kappa shape index (κ2) is 9.90. The second-order valence-electron chi connectivity index (χ2n) is 8.23. The molecule has 0 aliphatic heterocycles. The first kappa shape index (κ1) is 23.4. The highest BCUT2D eigenvalue weighted by atomic mass is 35.5. The van der Waals surface area contributed by atoms with Crippen molar-refractivity contribution in [3.05, 3.63) is 69.8 Å². The van der Waals surface area contributed by atoms with Gasteiger partial charge in [-0.1, -0.05) is 59.7 Å². The number of benzene rings is 2. The number of amides is 1. The number of alkyl carbamates (subject to hydrolysis) is 1. The van der Waals surface area contributed by atoms with Gasteiger partial charge in [0.15, 0.2) is 0 Å². The van der Waals surface area contributed by atoms with Gasteiger partial charge in [0.2, 0.25) is 0 Å². The van der Waals surface area contributed by atoms with E-state index in [0.717, 1.165) is 22.0 Å². The van der Waals surface area contributed by atoms with Crippen LogP contribution in [0, 0.1) is 0 Å². The van der Waals surface area contributed by atoms with Crippen LogP contribution in [0.1, 0.15) is 31.9 Å². The van der Waals surface area contributed by atoms with E-state index < -0.39 is 17.7 Å². The molecule has 3 rings (SSSR count). The molecule has 0 fully saturated rings. The maximum atomic E-state index is 12.5. The van der Waals surface area contributed by atoms with Crippen molar-refractivity contribution in [2.75, 3.05) is 0 Å². The molecule has 0 spiro atoms. The Morgan fingerprint density at radius 2 is 1.90 bits per heavy atom. The fourth-order valence-electron chi connectivity index (χ4n) is 3.14. The number of nitrogens with one attached hydrogen (secondary N) is 3. The third kappa shape index (κ3) is 6.60. The lowest BCUT2D eigenvalue weighted by atomic mass is 10.0. The topological polar surface area (TPSA) is 66.1 Å². The third-order valence-corrected chi connectivity index (χ3v) is 5.73. The first-order valence-electron chi connectivity index (χ1n) is 9.88. The van der Waals surface area contributed by atoms with Crippen molar-refractivity contribution >= 4 is 57.4 Å². The Kier molecular flexibility index (Phi) is 7.46. The number of aromatic nitrogens is 1. The van der Waals surface area contributed by atoms with Gasteiger partial charge >= 0.3 is 6.09 Å². The quantitative estimate of drug-likeness (QED) is 0.379. The largest absolute Gasteiger partial charge is 0.444 e. The van der Waals surface area contributed by atoms with Crippen LogP contribution in [-0.4, -0.2) is 27.7 Å². The Balaban J connectivity index is 1.76. The minimum Gasteiger partial charge on any atom is -0.444 e. The Bertz CT molecular complexity index is 1090. The number of rotatable bonds is 6. The molecule has 1 amide bonds. The summed E-state index contributed by atoms with van der Waals surface area (Å²) in [4.78, 5) is 16.2. The van der Waals surface area contributed by atoms with E-state index in [1.807, 2.05) is 57.3 Å². The van der Waals surface area contributed by atoms with Gasteiger partial charge in [0.1, 0.15) is 5.60 Å². The first-order chi connectivity index (χ1) is 14.6. The Hall–Kier alpha value is -2.28. The summed E-state index contributed by atoms with van der Waals surface area (Å²) in [5.41, 5.74) is 2.41. The number of thiocarbonyl (C=S) groups is 1. The molecule has 1 aromatic heterocycles. The molecule has 0 aliphatic rings. The summed E-state index contributed by atoms with van der Waals surface area (Å²) >= 11 is 17.7. The number of halogens is 2. The van der Waals surface area contributed by atoms with Gasteiger partial charge in [-0.2, -0.15) is 0 Å². The maximum absolute atomic E-state index is 12.5. The Morgan fingerprint density at radius 3 is 2.61 bits per heavy atom. The minimum atomic E-state index is -0.607. The van der Waals surface area contributed by atoms with E-state index in [9.17, 15) is 4.79 Å². The summed E-state index contributed by atoms with van der Waals surface area (Å²) < 4.78 is 5.44. The van der Waals surface area contributed by atoms with E-state index in [4.69, 9.17) is 40.2 Å². The molecule has 0 unspecified atom stereocenters. The summed E-state index contributed by atoms with van der Waals surface area (Å²) in [6, 6.07) is 13.0. The van der Waals surface area contributed by atoms with Crippen LogP contribution < -0.4 is 10.6 Å². The number of carbonyl (C=O) groups is 1. The van der Waals surface area contributed by atoms with Crippen molar-refractivity contribution in [2.24, 2.45) is 0 Å². The minimum absolute atomic E-state index is 0.452. The molecule has 1 heterocycles. The van der Waals surface area contributed by atoms with Crippen LogP contribution >= 0.6 is 35.4 Å². The van der Waals surface area contributed by atoms with E-state index in [-0.39, 0.29) is 0 Å². The maximum Gasteiger partial charge on any atom is 0.408 e. The summed E-state index contributed by atoms with van der Waals surface area (Å²) in [6.07, 6.45) is 1.93. The monoisotopic (exact) mass is 477 g/mol. The highest BCUT2D eigenvalue weighted by Crippen LogP contribution is 2.23. The molecular weight excluding hydrogens is 453 g/mol. The Labute approximate surface area is 197 Å². The molecule has 0 radical (unpaired) electrons. The van der Waals surface area contributed by atoms with Crippen LogP contribution in [0.25, 0.3) is 10.9 Å². The lowest BCUT2D eigenvalue weighted by molar-refractivity contribution is 0.0518. The standard InChI is InChI=1S/C23H25Cl2N3O2S/c1-23(2,3)30-22(29)28-20(11-15-13-26-19-7-5-4-6-16(15)19)21(31)27-12-14-8-9-17(24)18(25)10-14/h4-10,13,20,26H,11-12H2,1-3H3,(H,27,31)(H,28,29)/t20-/m1/s1. The molecule has 2 aromatic carbocycles. The highest BCUT2D eigenvalue weighted by molar-refractivity contribution is 7.80. The van der Waals surface area contributed by atoms with Gasteiger partial charge in [-0.05, 0) is 50.1 Å². The zero-order chi connectivity index (χ0) is 22.6. The predicted octanol–water partition coefficient (Wildman–Crippen LogP) is 6.03. The van der Waals surface area contributed by atoms with Crippen molar-refractivity contribution < 1.29 is 9.53 Å². The Morgan fingerprint density at radius 1 is 1.16 bits per heavy atom. The van der Waals surface area contributed by atoms with E-state index in [0.29, 0.717) is 28.0 Å². The smallest absolute Gasteiger partial charge is 0.408 e. The summed E-state index contributed by atoms with van der Waals surface area (Å²) in [5.74, 6) is 0. The number of hydrogen-bond donors (Lipinski definition) is 3. The van der Waals surface area contributed by atoms with E-state index >= 15 is 0 Å². The third-order valence-electron chi connectivity index (χ3n) is 4.56. The van der Waals surface area contributed by atoms with Crippen LogP contribution in [0.2, 0.25) is 10.0 Å². The SMILES string of the molecule is CC(C)(C)OC(=O)N[C@H](Cc1c[nH]c2ccccc12)C(=S)NCc1ccc(Cl)c(Cl)c1. The fourth-order valence-corrected chi connectivity index (χ4v) is 3.68. The van der Waals surface area contributed by atoms with Crippen molar-refractivity contribution in [3.8, 4) is 0 Å². The van der Waals surface area contributed by atoms with Crippen LogP contribution in [0.4, 0.5) is 4.79 Å². The summed E-state index contributed by atoms with van der Waals surface area (Å²) in [7, 11) is 0. The molecule has 8 heteroatoms. The van der Waals surface area contributed by atoms with Crippen LogP contribution in [0.3, 0.4) is 0 Å². The molecule has 0 bridgehead atoms. The van der Waals surface area contributed by atoms with Gasteiger partial charge < -0.3 is 20.4 Å². The van der Waals surface area contributed by atoms with Crippen LogP contribution in [0.15, 0.2) is 48.7 Å². The van der Waals surface area contributed by atoms with Gasteiger partial charge in [-0.15, -0.1) is 0 Å². The molecule has 3 N–H and O–H groups in total. The van der Waals surface area contributed by atoms with Crippen molar-refractivity contribution in [1.29, 1.82) is 0 Å². The molecule has 5 nitrogen and oxygen atoms in total. The van der Waals surface area contributed by atoms with E-state index in [2.05, 4.69) is 15.6 Å². The first-order valence-corrected chi connectivity index (χ1v) is 11.0. The molecular formula is C23H25Cl2N3O2S. The lowest BCUT2D eigenvalue weighted by Gasteiger charge is -2.24. The number of hydrogen-bond acceptors (Lipinski definition) is 3. The van der Waals surface area contributed by atoms with Gasteiger partial charge in [-0.3, -0.25) is 0 Å². The summed E-state index contributed by atoms with van der Waals surface area (Å²) in [5, 5.41) is 8.20. The number of fused-ring (bicyclic) bond motifs is 1. The lowest BCUT2D eigenvalue weighted by Crippen LogP contribution is -2.48. The predicted molar refractivity (Wildman–Crippen MR) is 131 cm³/mol. The van der Waals surface area contributed by atoms with E-state index in [1.165, 1.54) is 0 Å².